The molecule has 0 aliphatic rings. The molecule has 5 nitrogen and oxygen atoms in total. The van der Waals surface area contributed by atoms with Gasteiger partial charge < -0.3 is 15.8 Å². The van der Waals surface area contributed by atoms with Crippen molar-refractivity contribution in [3.8, 4) is 0 Å². The van der Waals surface area contributed by atoms with Gasteiger partial charge in [0.05, 0.1) is 34.8 Å². The zero-order valence-corrected chi connectivity index (χ0v) is 11.9. The summed E-state index contributed by atoms with van der Waals surface area (Å²) in [7, 11) is 1.30. The van der Waals surface area contributed by atoms with Crippen LogP contribution >= 0.6 is 11.6 Å². The smallest absolute Gasteiger partial charge is 0.340 e. The summed E-state index contributed by atoms with van der Waals surface area (Å²) in [4.78, 5) is 16.0. The Bertz CT molecular complexity index is 659. The number of nitrogen functional groups attached to an aromatic ring is 1. The van der Waals surface area contributed by atoms with Crippen LogP contribution in [0.4, 0.5) is 17.1 Å². The van der Waals surface area contributed by atoms with Crippen molar-refractivity contribution in [3.63, 3.8) is 0 Å². The standard InChI is InChI=1S/C14H14ClN3O2/c1-8-12(4-3-5-17-8)18-13-10(14(19)20-2)6-9(16)7-11(13)15/h3-7,18H,16H2,1-2H3. The van der Waals surface area contributed by atoms with Gasteiger partial charge in [-0.1, -0.05) is 11.6 Å². The Morgan fingerprint density at radius 1 is 1.45 bits per heavy atom. The number of ether oxygens (including phenoxy) is 1. The highest BCUT2D eigenvalue weighted by Crippen LogP contribution is 2.32. The first-order valence-corrected chi connectivity index (χ1v) is 6.26. The number of aromatic nitrogens is 1. The number of aryl methyl sites for hydroxylation is 1. The molecular weight excluding hydrogens is 278 g/mol. The maximum Gasteiger partial charge on any atom is 0.340 e. The van der Waals surface area contributed by atoms with Crippen LogP contribution in [0.15, 0.2) is 30.5 Å². The number of nitrogens with two attached hydrogens (primary N) is 1. The van der Waals surface area contributed by atoms with Gasteiger partial charge in [-0.25, -0.2) is 4.79 Å². The van der Waals surface area contributed by atoms with Gasteiger partial charge in [-0.15, -0.1) is 0 Å². The Morgan fingerprint density at radius 3 is 2.85 bits per heavy atom. The van der Waals surface area contributed by atoms with Gasteiger partial charge in [-0.2, -0.15) is 0 Å². The summed E-state index contributed by atoms with van der Waals surface area (Å²) in [5, 5.41) is 3.44. The van der Waals surface area contributed by atoms with Crippen molar-refractivity contribution in [1.82, 2.24) is 4.98 Å². The highest BCUT2D eigenvalue weighted by molar-refractivity contribution is 6.34. The third-order valence-corrected chi connectivity index (χ3v) is 3.08. The number of anilines is 3. The summed E-state index contributed by atoms with van der Waals surface area (Å²) in [6.45, 7) is 1.85. The maximum atomic E-state index is 11.8. The minimum atomic E-state index is -0.511. The number of benzene rings is 1. The number of methoxy groups -OCH3 is 1. The topological polar surface area (TPSA) is 77.2 Å². The van der Waals surface area contributed by atoms with E-state index < -0.39 is 5.97 Å². The minimum absolute atomic E-state index is 0.278. The van der Waals surface area contributed by atoms with Gasteiger partial charge in [-0.3, -0.25) is 4.98 Å². The van der Waals surface area contributed by atoms with E-state index in [4.69, 9.17) is 22.1 Å². The molecule has 20 heavy (non-hydrogen) atoms. The molecule has 1 aromatic heterocycles. The average molecular weight is 292 g/mol. The molecule has 0 radical (unpaired) electrons. The number of nitrogens with one attached hydrogen (secondary N) is 1. The highest BCUT2D eigenvalue weighted by Gasteiger charge is 2.17. The van der Waals surface area contributed by atoms with Gasteiger partial charge in [0.15, 0.2) is 0 Å². The molecule has 1 heterocycles. The van der Waals surface area contributed by atoms with Crippen LogP contribution in [0.5, 0.6) is 0 Å². The van der Waals surface area contributed by atoms with Crippen molar-refractivity contribution in [2.45, 2.75) is 6.92 Å². The fourth-order valence-electron chi connectivity index (χ4n) is 1.78. The van der Waals surface area contributed by atoms with E-state index in [1.807, 2.05) is 13.0 Å². The van der Waals surface area contributed by atoms with Crippen molar-refractivity contribution in [1.29, 1.82) is 0 Å². The molecule has 0 unspecified atom stereocenters. The molecular formula is C14H14ClN3O2. The number of rotatable bonds is 3. The Hall–Kier alpha value is -2.27. The molecule has 6 heteroatoms. The average Bonchev–Trinajstić information content (AvgIpc) is 2.42. The van der Waals surface area contributed by atoms with E-state index in [1.165, 1.54) is 13.2 Å². The van der Waals surface area contributed by atoms with E-state index in [0.29, 0.717) is 16.4 Å². The summed E-state index contributed by atoms with van der Waals surface area (Å²) in [6, 6.07) is 6.72. The van der Waals surface area contributed by atoms with Gasteiger partial charge in [0.1, 0.15) is 0 Å². The lowest BCUT2D eigenvalue weighted by Crippen LogP contribution is -2.08. The first-order chi connectivity index (χ1) is 9.52. The summed E-state index contributed by atoms with van der Waals surface area (Å²) in [5.41, 5.74) is 8.37. The molecule has 104 valence electrons. The van der Waals surface area contributed by atoms with Crippen molar-refractivity contribution in [2.24, 2.45) is 0 Å². The van der Waals surface area contributed by atoms with Gasteiger partial charge in [0.25, 0.3) is 0 Å². The fraction of sp³-hybridized carbons (Fsp3) is 0.143. The summed E-state index contributed by atoms with van der Waals surface area (Å²) in [6.07, 6.45) is 1.69. The number of halogens is 1. The van der Waals surface area contributed by atoms with Gasteiger partial charge in [0, 0.05) is 11.9 Å². The van der Waals surface area contributed by atoms with Crippen LogP contribution in [0.2, 0.25) is 5.02 Å². The molecule has 2 aromatic rings. The van der Waals surface area contributed by atoms with Crippen LogP contribution in [-0.4, -0.2) is 18.1 Å². The quantitative estimate of drug-likeness (QED) is 0.671. The van der Waals surface area contributed by atoms with Crippen LogP contribution in [0.25, 0.3) is 0 Å². The second-order valence-corrected chi connectivity index (χ2v) is 4.59. The number of nitrogens with zero attached hydrogens (tertiary/aromatic N) is 1. The molecule has 0 amide bonds. The second kappa shape index (κ2) is 5.79. The van der Waals surface area contributed by atoms with Crippen LogP contribution in [0.1, 0.15) is 16.1 Å². The highest BCUT2D eigenvalue weighted by atomic mass is 35.5. The first-order valence-electron chi connectivity index (χ1n) is 5.89. The van der Waals surface area contributed by atoms with E-state index in [-0.39, 0.29) is 5.56 Å². The van der Waals surface area contributed by atoms with Crippen molar-refractivity contribution in [3.05, 3.63) is 46.7 Å². The van der Waals surface area contributed by atoms with E-state index in [9.17, 15) is 4.79 Å². The van der Waals surface area contributed by atoms with Crippen molar-refractivity contribution < 1.29 is 9.53 Å². The predicted molar refractivity (Wildman–Crippen MR) is 79.5 cm³/mol. The Kier molecular flexibility index (Phi) is 4.10. The molecule has 0 aliphatic carbocycles. The summed E-state index contributed by atoms with van der Waals surface area (Å²) >= 11 is 6.17. The molecule has 2 rings (SSSR count). The summed E-state index contributed by atoms with van der Waals surface area (Å²) < 4.78 is 4.75. The molecule has 0 spiro atoms. The van der Waals surface area contributed by atoms with Crippen LogP contribution in [0, 0.1) is 6.92 Å². The first kappa shape index (κ1) is 14.1. The molecule has 0 saturated heterocycles. The largest absolute Gasteiger partial charge is 0.465 e. The predicted octanol–water partition coefficient (Wildman–Crippen LogP) is 3.16. The molecule has 0 fully saturated rings. The second-order valence-electron chi connectivity index (χ2n) is 4.18. The van der Waals surface area contributed by atoms with Gasteiger partial charge >= 0.3 is 5.97 Å². The fourth-order valence-corrected chi connectivity index (χ4v) is 2.05. The third-order valence-electron chi connectivity index (χ3n) is 2.78. The SMILES string of the molecule is COC(=O)c1cc(N)cc(Cl)c1Nc1cccnc1C. The van der Waals surface area contributed by atoms with Crippen molar-refractivity contribution in [2.75, 3.05) is 18.2 Å². The van der Waals surface area contributed by atoms with Gasteiger partial charge in [-0.05, 0) is 31.2 Å². The summed E-state index contributed by atoms with van der Waals surface area (Å²) in [5.74, 6) is -0.511. The lowest BCUT2D eigenvalue weighted by Gasteiger charge is -2.14. The number of hydrogen-bond acceptors (Lipinski definition) is 5. The normalized spacial score (nSPS) is 10.2. The molecule has 0 bridgehead atoms. The van der Waals surface area contributed by atoms with E-state index in [2.05, 4.69) is 10.3 Å². The van der Waals surface area contributed by atoms with E-state index >= 15 is 0 Å². The van der Waals surface area contributed by atoms with Crippen LogP contribution in [0.3, 0.4) is 0 Å². The number of esters is 1. The van der Waals surface area contributed by atoms with Gasteiger partial charge in [0.2, 0.25) is 0 Å². The number of pyridine rings is 1. The Morgan fingerprint density at radius 2 is 2.20 bits per heavy atom. The molecule has 0 aliphatic heterocycles. The monoisotopic (exact) mass is 291 g/mol. The third kappa shape index (κ3) is 2.83. The Balaban J connectivity index is 2.50. The van der Waals surface area contributed by atoms with Crippen LogP contribution in [-0.2, 0) is 4.74 Å². The molecule has 3 N–H and O–H groups in total. The number of carbonyl (C=O) groups excluding carboxylic acids is 1. The zero-order valence-electron chi connectivity index (χ0n) is 11.1. The zero-order chi connectivity index (χ0) is 14.7. The molecule has 0 saturated carbocycles. The van der Waals surface area contributed by atoms with E-state index in [1.54, 1.807) is 18.3 Å². The van der Waals surface area contributed by atoms with Crippen molar-refractivity contribution >= 4 is 34.6 Å². The minimum Gasteiger partial charge on any atom is -0.465 e. The van der Waals surface area contributed by atoms with Crippen LogP contribution < -0.4 is 11.1 Å². The molecule has 0 atom stereocenters. The molecule has 1 aromatic carbocycles. The number of hydrogen-bond donors (Lipinski definition) is 2. The lowest BCUT2D eigenvalue weighted by atomic mass is 10.1. The Labute approximate surface area is 121 Å². The van der Waals surface area contributed by atoms with E-state index in [0.717, 1.165) is 11.4 Å². The number of carbonyl (C=O) groups is 1. The lowest BCUT2D eigenvalue weighted by molar-refractivity contribution is 0.0602. The maximum absolute atomic E-state index is 11.8.